The topological polar surface area (TPSA) is 17.8 Å². The lowest BCUT2D eigenvalue weighted by atomic mass is 10.2. The summed E-state index contributed by atoms with van der Waals surface area (Å²) in [4.78, 5) is 0. The van der Waals surface area contributed by atoms with Crippen LogP contribution in [-0.2, 0) is 6.18 Å². The summed E-state index contributed by atoms with van der Waals surface area (Å²) in [6, 6.07) is 3.26. The minimum absolute atomic E-state index is 0.103. The zero-order valence-electron chi connectivity index (χ0n) is 8.17. The Hall–Kier alpha value is -1.20. The van der Waals surface area contributed by atoms with Crippen LogP contribution in [0.15, 0.2) is 30.6 Å². The third kappa shape index (κ3) is 2.40. The van der Waals surface area contributed by atoms with E-state index in [0.717, 1.165) is 12.1 Å². The first-order valence-corrected chi connectivity index (χ1v) is 5.21. The molecule has 0 fully saturated rings. The van der Waals surface area contributed by atoms with Crippen molar-refractivity contribution in [2.45, 2.75) is 6.18 Å². The first-order chi connectivity index (χ1) is 7.89. The molecule has 0 aliphatic rings. The lowest BCUT2D eigenvalue weighted by Crippen LogP contribution is -2.06. The van der Waals surface area contributed by atoms with Gasteiger partial charge in [-0.05, 0) is 18.2 Å². The zero-order chi connectivity index (χ0) is 12.6. The smallest absolute Gasteiger partial charge is 0.238 e. The number of benzene rings is 1. The van der Waals surface area contributed by atoms with Gasteiger partial charge in [-0.15, -0.1) is 0 Å². The van der Waals surface area contributed by atoms with E-state index in [9.17, 15) is 13.2 Å². The predicted octanol–water partition coefficient (Wildman–Crippen LogP) is 4.20. The van der Waals surface area contributed by atoms with Crippen molar-refractivity contribution in [3.8, 4) is 5.69 Å². The van der Waals surface area contributed by atoms with Crippen molar-refractivity contribution in [1.82, 2.24) is 9.78 Å². The summed E-state index contributed by atoms with van der Waals surface area (Å²) in [6.45, 7) is 0. The van der Waals surface area contributed by atoms with Gasteiger partial charge >= 0.3 is 6.18 Å². The van der Waals surface area contributed by atoms with E-state index in [0.29, 0.717) is 0 Å². The summed E-state index contributed by atoms with van der Waals surface area (Å²) < 4.78 is 38.8. The molecule has 0 aliphatic heterocycles. The Kier molecular flexibility index (Phi) is 3.05. The molecule has 0 saturated heterocycles. The van der Waals surface area contributed by atoms with E-state index >= 15 is 0 Å². The molecule has 2 aromatic rings. The number of hydrogen-bond acceptors (Lipinski definition) is 1. The number of aromatic nitrogens is 2. The number of nitrogens with zero attached hydrogens (tertiary/aromatic N) is 2. The molecule has 7 heteroatoms. The molecule has 17 heavy (non-hydrogen) atoms. The third-order valence-corrected chi connectivity index (χ3v) is 2.65. The van der Waals surface area contributed by atoms with Crippen LogP contribution in [0.1, 0.15) is 5.56 Å². The second kappa shape index (κ2) is 4.23. The van der Waals surface area contributed by atoms with Crippen LogP contribution in [0, 0.1) is 0 Å². The Morgan fingerprint density at radius 2 is 1.71 bits per heavy atom. The highest BCUT2D eigenvalue weighted by Gasteiger charge is 2.32. The number of hydrogen-bond donors (Lipinski definition) is 0. The SMILES string of the molecule is FC(F)(F)c1cc(Cl)c(-n2cccn2)c(Cl)c1. The summed E-state index contributed by atoms with van der Waals surface area (Å²) in [5, 5.41) is 3.66. The molecule has 0 bridgehead atoms. The van der Waals surface area contributed by atoms with Gasteiger partial charge in [-0.1, -0.05) is 23.2 Å². The van der Waals surface area contributed by atoms with Crippen LogP contribution >= 0.6 is 23.2 Å². The third-order valence-electron chi connectivity index (χ3n) is 2.08. The van der Waals surface area contributed by atoms with Gasteiger partial charge in [0, 0.05) is 12.4 Å². The van der Waals surface area contributed by atoms with Crippen LogP contribution in [0.4, 0.5) is 13.2 Å². The molecule has 0 radical (unpaired) electrons. The Bertz CT molecular complexity index is 512. The molecule has 2 rings (SSSR count). The molecule has 90 valence electrons. The molecule has 2 nitrogen and oxygen atoms in total. The van der Waals surface area contributed by atoms with Gasteiger partial charge in [0.2, 0.25) is 0 Å². The Morgan fingerprint density at radius 1 is 1.12 bits per heavy atom. The van der Waals surface area contributed by atoms with Gasteiger partial charge in [0.15, 0.2) is 0 Å². The van der Waals surface area contributed by atoms with Crippen LogP contribution in [0.5, 0.6) is 0 Å². The molecular formula is C10H5Cl2F3N2. The molecule has 1 aromatic carbocycles. The van der Waals surface area contributed by atoms with Crippen molar-refractivity contribution in [2.75, 3.05) is 0 Å². The van der Waals surface area contributed by atoms with Crippen LogP contribution in [-0.4, -0.2) is 9.78 Å². The quantitative estimate of drug-likeness (QED) is 0.766. The van der Waals surface area contributed by atoms with Gasteiger partial charge < -0.3 is 0 Å². The maximum absolute atomic E-state index is 12.5. The first kappa shape index (κ1) is 12.3. The maximum Gasteiger partial charge on any atom is 0.416 e. The molecule has 0 amide bonds. The molecule has 0 saturated carbocycles. The molecule has 1 heterocycles. The minimum Gasteiger partial charge on any atom is -0.238 e. The van der Waals surface area contributed by atoms with Crippen molar-refractivity contribution in [1.29, 1.82) is 0 Å². The summed E-state index contributed by atoms with van der Waals surface area (Å²) in [5.74, 6) is 0. The van der Waals surface area contributed by atoms with Crippen molar-refractivity contribution in [2.24, 2.45) is 0 Å². The minimum atomic E-state index is -4.48. The fraction of sp³-hybridized carbons (Fsp3) is 0.100. The fourth-order valence-corrected chi connectivity index (χ4v) is 2.01. The van der Waals surface area contributed by atoms with Gasteiger partial charge in [0.05, 0.1) is 15.6 Å². The van der Waals surface area contributed by atoms with E-state index in [1.165, 1.54) is 10.9 Å². The highest BCUT2D eigenvalue weighted by Crippen LogP contribution is 2.37. The Labute approximate surface area is 105 Å². The van der Waals surface area contributed by atoms with Crippen molar-refractivity contribution >= 4 is 23.2 Å². The van der Waals surface area contributed by atoms with Gasteiger partial charge in [0.25, 0.3) is 0 Å². The van der Waals surface area contributed by atoms with E-state index in [1.54, 1.807) is 12.3 Å². The van der Waals surface area contributed by atoms with Crippen LogP contribution in [0.3, 0.4) is 0 Å². The highest BCUT2D eigenvalue weighted by atomic mass is 35.5. The lowest BCUT2D eigenvalue weighted by molar-refractivity contribution is -0.137. The number of rotatable bonds is 1. The second-order valence-electron chi connectivity index (χ2n) is 3.24. The Balaban J connectivity index is 2.58. The molecule has 0 aliphatic carbocycles. The zero-order valence-corrected chi connectivity index (χ0v) is 9.68. The molecule has 0 atom stereocenters. The predicted molar refractivity (Wildman–Crippen MR) is 58.6 cm³/mol. The summed E-state index contributed by atoms with van der Waals surface area (Å²) in [5.41, 5.74) is -0.658. The normalized spacial score (nSPS) is 11.8. The lowest BCUT2D eigenvalue weighted by Gasteiger charge is -2.12. The molecular weight excluding hydrogens is 276 g/mol. The molecule has 0 N–H and O–H groups in total. The van der Waals surface area contributed by atoms with Crippen LogP contribution in [0.2, 0.25) is 10.0 Å². The molecule has 1 aromatic heterocycles. The van der Waals surface area contributed by atoms with Gasteiger partial charge in [-0.2, -0.15) is 18.3 Å². The monoisotopic (exact) mass is 280 g/mol. The largest absolute Gasteiger partial charge is 0.416 e. The average Bonchev–Trinajstić information content (AvgIpc) is 2.68. The van der Waals surface area contributed by atoms with Crippen molar-refractivity contribution in [3.05, 3.63) is 46.2 Å². The van der Waals surface area contributed by atoms with Crippen molar-refractivity contribution in [3.63, 3.8) is 0 Å². The highest BCUT2D eigenvalue weighted by molar-refractivity contribution is 6.37. The average molecular weight is 281 g/mol. The number of halogens is 5. The van der Waals surface area contributed by atoms with Crippen LogP contribution in [0.25, 0.3) is 5.69 Å². The van der Waals surface area contributed by atoms with E-state index in [4.69, 9.17) is 23.2 Å². The van der Waals surface area contributed by atoms with Crippen LogP contribution < -0.4 is 0 Å². The standard InChI is InChI=1S/C10H5Cl2F3N2/c11-7-4-6(10(13,14)15)5-8(12)9(7)17-3-1-2-16-17/h1-5H. The van der Waals surface area contributed by atoms with Gasteiger partial charge in [-0.25, -0.2) is 4.68 Å². The number of alkyl halides is 3. The first-order valence-electron chi connectivity index (χ1n) is 4.46. The summed E-state index contributed by atoms with van der Waals surface area (Å²) in [7, 11) is 0. The molecule has 0 spiro atoms. The second-order valence-corrected chi connectivity index (χ2v) is 4.05. The Morgan fingerprint density at radius 3 is 2.12 bits per heavy atom. The summed E-state index contributed by atoms with van der Waals surface area (Å²) >= 11 is 11.6. The maximum atomic E-state index is 12.5. The van der Waals surface area contributed by atoms with E-state index in [1.807, 2.05) is 0 Å². The molecule has 0 unspecified atom stereocenters. The summed E-state index contributed by atoms with van der Waals surface area (Å²) in [6.07, 6.45) is -1.46. The van der Waals surface area contributed by atoms with E-state index < -0.39 is 11.7 Å². The van der Waals surface area contributed by atoms with Crippen molar-refractivity contribution < 1.29 is 13.2 Å². The van der Waals surface area contributed by atoms with E-state index in [2.05, 4.69) is 5.10 Å². The fourth-order valence-electron chi connectivity index (χ4n) is 1.35. The van der Waals surface area contributed by atoms with Gasteiger partial charge in [-0.3, -0.25) is 0 Å². The van der Waals surface area contributed by atoms with Gasteiger partial charge in [0.1, 0.15) is 5.69 Å². The van der Waals surface area contributed by atoms with E-state index in [-0.39, 0.29) is 15.7 Å².